The molecule has 0 spiro atoms. The second-order valence-corrected chi connectivity index (χ2v) is 9.67. The number of carbonyl (C=O) groups is 1. The van der Waals surface area contributed by atoms with E-state index in [2.05, 4.69) is 19.2 Å². The van der Waals surface area contributed by atoms with Crippen LogP contribution in [-0.4, -0.2) is 21.4 Å². The van der Waals surface area contributed by atoms with Crippen LogP contribution in [0.3, 0.4) is 0 Å². The van der Waals surface area contributed by atoms with Crippen molar-refractivity contribution in [2.24, 2.45) is 0 Å². The van der Waals surface area contributed by atoms with Crippen LogP contribution in [0.15, 0.2) is 77.7 Å². The number of nitrogens with one attached hydrogen (secondary N) is 1. The highest BCUT2D eigenvalue weighted by molar-refractivity contribution is 7.92. The molecule has 0 radical (unpaired) electrons. The average molecular weight is 453 g/mol. The molecule has 0 bridgehead atoms. The summed E-state index contributed by atoms with van der Waals surface area (Å²) < 4.78 is 33.8. The summed E-state index contributed by atoms with van der Waals surface area (Å²) in [5.74, 6) is 0.824. The summed E-state index contributed by atoms with van der Waals surface area (Å²) >= 11 is 0. The van der Waals surface area contributed by atoms with Crippen LogP contribution in [0.1, 0.15) is 37.8 Å². The molecule has 0 aliphatic heterocycles. The summed E-state index contributed by atoms with van der Waals surface area (Å²) in [5, 5.41) is 2.65. The maximum Gasteiger partial charge on any atom is 0.264 e. The van der Waals surface area contributed by atoms with Gasteiger partial charge in [0.05, 0.1) is 24.2 Å². The SMILES string of the molecule is COc1ccc(N(Cc2ccc(C(C)C)cc2)S(=O)(=O)c2ccc(NC(C)=O)cc2)cc1. The number of ether oxygens (including phenoxy) is 1. The molecule has 0 unspecified atom stereocenters. The fourth-order valence-electron chi connectivity index (χ4n) is 3.28. The summed E-state index contributed by atoms with van der Waals surface area (Å²) in [6, 6.07) is 21.1. The van der Waals surface area contributed by atoms with E-state index in [1.165, 1.54) is 28.9 Å². The largest absolute Gasteiger partial charge is 0.497 e. The van der Waals surface area contributed by atoms with Gasteiger partial charge >= 0.3 is 0 Å². The van der Waals surface area contributed by atoms with E-state index in [1.54, 1.807) is 43.5 Å². The molecular formula is C25H28N2O4S. The zero-order valence-corrected chi connectivity index (χ0v) is 19.5. The number of methoxy groups -OCH3 is 1. The van der Waals surface area contributed by atoms with Crippen LogP contribution in [0.4, 0.5) is 11.4 Å². The van der Waals surface area contributed by atoms with Gasteiger partial charge in [0.25, 0.3) is 10.0 Å². The van der Waals surface area contributed by atoms with Gasteiger partial charge in [-0.2, -0.15) is 0 Å². The first-order valence-electron chi connectivity index (χ1n) is 10.3. The Kier molecular flexibility index (Phi) is 7.20. The third-order valence-electron chi connectivity index (χ3n) is 5.10. The van der Waals surface area contributed by atoms with E-state index < -0.39 is 10.0 Å². The summed E-state index contributed by atoms with van der Waals surface area (Å²) in [6.07, 6.45) is 0. The zero-order valence-electron chi connectivity index (χ0n) is 18.7. The van der Waals surface area contributed by atoms with Crippen LogP contribution in [0.5, 0.6) is 5.75 Å². The molecule has 1 amide bonds. The zero-order chi connectivity index (χ0) is 23.3. The van der Waals surface area contributed by atoms with Gasteiger partial charge in [-0.15, -0.1) is 0 Å². The lowest BCUT2D eigenvalue weighted by atomic mass is 10.0. The molecule has 0 aliphatic rings. The quantitative estimate of drug-likeness (QED) is 0.511. The summed E-state index contributed by atoms with van der Waals surface area (Å²) in [4.78, 5) is 11.4. The highest BCUT2D eigenvalue weighted by Crippen LogP contribution is 2.29. The second kappa shape index (κ2) is 9.87. The standard InChI is InChI=1S/C25H28N2O4S/c1-18(2)21-7-5-20(6-8-21)17-27(23-11-13-24(31-4)14-12-23)32(29,30)25-15-9-22(10-16-25)26-19(3)28/h5-16,18H,17H2,1-4H3,(H,26,28). The monoisotopic (exact) mass is 452 g/mol. The third-order valence-corrected chi connectivity index (χ3v) is 6.88. The number of benzene rings is 3. The van der Waals surface area contributed by atoms with Gasteiger partial charge in [-0.25, -0.2) is 8.42 Å². The molecule has 7 heteroatoms. The van der Waals surface area contributed by atoms with Crippen LogP contribution in [0.2, 0.25) is 0 Å². The first kappa shape index (κ1) is 23.3. The van der Waals surface area contributed by atoms with Crippen molar-refractivity contribution >= 4 is 27.3 Å². The molecule has 0 aromatic heterocycles. The summed E-state index contributed by atoms with van der Waals surface area (Å²) in [6.45, 7) is 5.82. The number of carbonyl (C=O) groups excluding carboxylic acids is 1. The molecule has 0 fully saturated rings. The van der Waals surface area contributed by atoms with Gasteiger partial charge in [-0.3, -0.25) is 9.10 Å². The van der Waals surface area contributed by atoms with E-state index in [4.69, 9.17) is 4.74 Å². The maximum absolute atomic E-state index is 13.6. The minimum Gasteiger partial charge on any atom is -0.497 e. The lowest BCUT2D eigenvalue weighted by Crippen LogP contribution is -2.30. The number of hydrogen-bond acceptors (Lipinski definition) is 4. The molecule has 3 aromatic carbocycles. The molecule has 6 nitrogen and oxygen atoms in total. The predicted octanol–water partition coefficient (Wildman–Crippen LogP) is 5.17. The topological polar surface area (TPSA) is 75.7 Å². The number of anilines is 2. The molecule has 0 saturated heterocycles. The third kappa shape index (κ3) is 5.48. The Hall–Kier alpha value is -3.32. The Morgan fingerprint density at radius 2 is 1.53 bits per heavy atom. The van der Waals surface area contributed by atoms with Gasteiger partial charge in [0.2, 0.25) is 5.91 Å². The van der Waals surface area contributed by atoms with Crippen molar-refractivity contribution in [2.45, 2.75) is 38.1 Å². The van der Waals surface area contributed by atoms with Crippen molar-refractivity contribution in [3.8, 4) is 5.75 Å². The normalized spacial score (nSPS) is 11.3. The molecule has 0 saturated carbocycles. The van der Waals surface area contributed by atoms with Crippen LogP contribution in [-0.2, 0) is 21.4 Å². The van der Waals surface area contributed by atoms with Crippen molar-refractivity contribution < 1.29 is 17.9 Å². The Morgan fingerprint density at radius 3 is 2.03 bits per heavy atom. The van der Waals surface area contributed by atoms with Crippen LogP contribution in [0, 0.1) is 0 Å². The fraction of sp³-hybridized carbons (Fsp3) is 0.240. The maximum atomic E-state index is 13.6. The van der Waals surface area contributed by atoms with Gasteiger partial charge in [0.1, 0.15) is 5.75 Å². The lowest BCUT2D eigenvalue weighted by molar-refractivity contribution is -0.114. The molecule has 3 aromatic rings. The fourth-order valence-corrected chi connectivity index (χ4v) is 4.73. The highest BCUT2D eigenvalue weighted by atomic mass is 32.2. The number of rotatable bonds is 8. The van der Waals surface area contributed by atoms with Crippen molar-refractivity contribution in [1.82, 2.24) is 0 Å². The van der Waals surface area contributed by atoms with E-state index in [1.807, 2.05) is 24.3 Å². The van der Waals surface area contributed by atoms with Crippen molar-refractivity contribution in [2.75, 3.05) is 16.7 Å². The van der Waals surface area contributed by atoms with Crippen LogP contribution < -0.4 is 14.4 Å². The van der Waals surface area contributed by atoms with E-state index in [9.17, 15) is 13.2 Å². The molecule has 0 aliphatic carbocycles. The minimum atomic E-state index is -3.86. The van der Waals surface area contributed by atoms with Crippen LogP contribution >= 0.6 is 0 Å². The molecule has 1 N–H and O–H groups in total. The smallest absolute Gasteiger partial charge is 0.264 e. The lowest BCUT2D eigenvalue weighted by Gasteiger charge is -2.25. The molecular weight excluding hydrogens is 424 g/mol. The Labute approximate surface area is 189 Å². The van der Waals surface area contributed by atoms with Gasteiger partial charge in [0, 0.05) is 12.6 Å². The molecule has 168 valence electrons. The molecule has 0 atom stereocenters. The van der Waals surface area contributed by atoms with E-state index >= 15 is 0 Å². The molecule has 3 rings (SSSR count). The number of nitrogens with zero attached hydrogens (tertiary/aromatic N) is 1. The van der Waals surface area contributed by atoms with E-state index in [0.717, 1.165) is 5.56 Å². The minimum absolute atomic E-state index is 0.140. The Morgan fingerprint density at radius 1 is 0.938 bits per heavy atom. The second-order valence-electron chi connectivity index (χ2n) is 7.81. The average Bonchev–Trinajstić information content (AvgIpc) is 2.78. The van der Waals surface area contributed by atoms with Crippen molar-refractivity contribution in [3.63, 3.8) is 0 Å². The van der Waals surface area contributed by atoms with Crippen molar-refractivity contribution in [3.05, 3.63) is 83.9 Å². The first-order chi connectivity index (χ1) is 15.2. The highest BCUT2D eigenvalue weighted by Gasteiger charge is 2.25. The first-order valence-corrected chi connectivity index (χ1v) is 11.8. The van der Waals surface area contributed by atoms with Crippen LogP contribution in [0.25, 0.3) is 0 Å². The Balaban J connectivity index is 1.99. The van der Waals surface area contributed by atoms with Gasteiger partial charge in [-0.05, 0) is 65.6 Å². The number of hydrogen-bond donors (Lipinski definition) is 1. The van der Waals surface area contributed by atoms with Gasteiger partial charge in [0.15, 0.2) is 0 Å². The van der Waals surface area contributed by atoms with Gasteiger partial charge < -0.3 is 10.1 Å². The number of amides is 1. The van der Waals surface area contributed by atoms with E-state index in [0.29, 0.717) is 23.0 Å². The van der Waals surface area contributed by atoms with Gasteiger partial charge in [-0.1, -0.05) is 38.1 Å². The van der Waals surface area contributed by atoms with Crippen molar-refractivity contribution in [1.29, 1.82) is 0 Å². The number of sulfonamides is 1. The van der Waals surface area contributed by atoms with E-state index in [-0.39, 0.29) is 17.3 Å². The molecule has 0 heterocycles. The summed E-state index contributed by atoms with van der Waals surface area (Å²) in [7, 11) is -2.30. The summed E-state index contributed by atoms with van der Waals surface area (Å²) in [5.41, 5.74) is 3.14. The molecule has 32 heavy (non-hydrogen) atoms. The predicted molar refractivity (Wildman–Crippen MR) is 128 cm³/mol. The Bertz CT molecular complexity index is 1150.